The first kappa shape index (κ1) is 12.9. The average molecular weight is 247 g/mol. The summed E-state index contributed by atoms with van der Waals surface area (Å²) in [4.78, 5) is 14.0. The van der Waals surface area contributed by atoms with Gasteiger partial charge in [0.25, 0.3) is 0 Å². The number of benzene rings is 1. The van der Waals surface area contributed by atoms with Crippen LogP contribution in [0.3, 0.4) is 0 Å². The molecule has 0 saturated carbocycles. The molecule has 1 atom stereocenters. The van der Waals surface area contributed by atoms with E-state index in [4.69, 9.17) is 0 Å². The van der Waals surface area contributed by atoms with Crippen molar-refractivity contribution in [1.82, 2.24) is 15.5 Å². The SMILES string of the molecule is CNCC1CCCN1C(=O)NCc1ccccc1. The number of amides is 2. The van der Waals surface area contributed by atoms with Crippen molar-refractivity contribution in [3.05, 3.63) is 35.9 Å². The summed E-state index contributed by atoms with van der Waals surface area (Å²) in [6, 6.07) is 10.4. The zero-order valence-corrected chi connectivity index (χ0v) is 10.9. The molecule has 0 spiro atoms. The molecule has 1 unspecified atom stereocenters. The molecule has 1 aromatic rings. The van der Waals surface area contributed by atoms with E-state index >= 15 is 0 Å². The van der Waals surface area contributed by atoms with Crippen molar-refractivity contribution in [1.29, 1.82) is 0 Å². The fraction of sp³-hybridized carbons (Fsp3) is 0.500. The van der Waals surface area contributed by atoms with Gasteiger partial charge in [-0.1, -0.05) is 30.3 Å². The van der Waals surface area contributed by atoms with Gasteiger partial charge in [0.15, 0.2) is 0 Å². The summed E-state index contributed by atoms with van der Waals surface area (Å²) in [5.74, 6) is 0. The van der Waals surface area contributed by atoms with E-state index in [2.05, 4.69) is 10.6 Å². The van der Waals surface area contributed by atoms with Gasteiger partial charge >= 0.3 is 6.03 Å². The van der Waals surface area contributed by atoms with Gasteiger partial charge in [-0.15, -0.1) is 0 Å². The lowest BCUT2D eigenvalue weighted by Gasteiger charge is -2.24. The Bertz CT molecular complexity index is 380. The van der Waals surface area contributed by atoms with E-state index in [1.54, 1.807) is 0 Å². The van der Waals surface area contributed by atoms with E-state index in [-0.39, 0.29) is 6.03 Å². The lowest BCUT2D eigenvalue weighted by Crippen LogP contribution is -2.45. The van der Waals surface area contributed by atoms with Crippen LogP contribution in [0.5, 0.6) is 0 Å². The molecule has 1 aromatic carbocycles. The molecule has 1 heterocycles. The van der Waals surface area contributed by atoms with Crippen molar-refractivity contribution in [2.45, 2.75) is 25.4 Å². The zero-order valence-electron chi connectivity index (χ0n) is 10.9. The number of hydrogen-bond donors (Lipinski definition) is 2. The first-order chi connectivity index (χ1) is 8.81. The highest BCUT2D eigenvalue weighted by molar-refractivity contribution is 5.74. The molecule has 1 aliphatic rings. The Morgan fingerprint density at radius 3 is 2.89 bits per heavy atom. The molecular formula is C14H21N3O. The monoisotopic (exact) mass is 247 g/mol. The number of rotatable bonds is 4. The highest BCUT2D eigenvalue weighted by Crippen LogP contribution is 2.16. The predicted octanol–water partition coefficient (Wildman–Crippen LogP) is 1.58. The van der Waals surface area contributed by atoms with Crippen LogP contribution >= 0.6 is 0 Å². The number of hydrogen-bond acceptors (Lipinski definition) is 2. The molecule has 1 fully saturated rings. The topological polar surface area (TPSA) is 44.4 Å². The number of carbonyl (C=O) groups is 1. The number of nitrogens with zero attached hydrogens (tertiary/aromatic N) is 1. The van der Waals surface area contributed by atoms with Gasteiger partial charge in [-0.25, -0.2) is 4.79 Å². The van der Waals surface area contributed by atoms with Crippen molar-refractivity contribution >= 4 is 6.03 Å². The Morgan fingerprint density at radius 2 is 2.17 bits per heavy atom. The fourth-order valence-corrected chi connectivity index (χ4v) is 2.43. The van der Waals surface area contributed by atoms with Crippen LogP contribution in [0.25, 0.3) is 0 Å². The van der Waals surface area contributed by atoms with Gasteiger partial charge in [0.2, 0.25) is 0 Å². The van der Waals surface area contributed by atoms with Crippen molar-refractivity contribution in [3.8, 4) is 0 Å². The van der Waals surface area contributed by atoms with Crippen molar-refractivity contribution < 1.29 is 4.79 Å². The molecule has 98 valence electrons. The second-order valence-electron chi connectivity index (χ2n) is 4.69. The molecule has 18 heavy (non-hydrogen) atoms. The molecule has 2 amide bonds. The summed E-state index contributed by atoms with van der Waals surface area (Å²) in [5.41, 5.74) is 1.13. The molecule has 2 rings (SSSR count). The Hall–Kier alpha value is -1.55. The summed E-state index contributed by atoms with van der Waals surface area (Å²) in [5, 5.41) is 6.14. The van der Waals surface area contributed by atoms with Gasteiger partial charge in [-0.2, -0.15) is 0 Å². The summed E-state index contributed by atoms with van der Waals surface area (Å²) in [6.45, 7) is 2.34. The predicted molar refractivity (Wildman–Crippen MR) is 72.3 cm³/mol. The lowest BCUT2D eigenvalue weighted by atomic mass is 10.2. The fourth-order valence-electron chi connectivity index (χ4n) is 2.43. The summed E-state index contributed by atoms with van der Waals surface area (Å²) < 4.78 is 0. The Balaban J connectivity index is 1.84. The number of carbonyl (C=O) groups excluding carboxylic acids is 1. The van der Waals surface area contributed by atoms with E-state index in [9.17, 15) is 4.79 Å². The third-order valence-corrected chi connectivity index (χ3v) is 3.36. The van der Waals surface area contributed by atoms with Crippen LogP contribution in [0.2, 0.25) is 0 Å². The van der Waals surface area contributed by atoms with Gasteiger partial charge in [0, 0.05) is 25.7 Å². The summed E-state index contributed by atoms with van der Waals surface area (Å²) >= 11 is 0. The number of nitrogens with one attached hydrogen (secondary N) is 2. The molecule has 4 nitrogen and oxygen atoms in total. The maximum Gasteiger partial charge on any atom is 0.317 e. The van der Waals surface area contributed by atoms with Crippen LogP contribution in [0.4, 0.5) is 4.79 Å². The van der Waals surface area contributed by atoms with E-state index < -0.39 is 0 Å². The van der Waals surface area contributed by atoms with Gasteiger partial charge in [0.05, 0.1) is 0 Å². The molecular weight excluding hydrogens is 226 g/mol. The third-order valence-electron chi connectivity index (χ3n) is 3.36. The Morgan fingerprint density at radius 1 is 1.39 bits per heavy atom. The van der Waals surface area contributed by atoms with Gasteiger partial charge in [-0.3, -0.25) is 0 Å². The molecule has 1 aliphatic heterocycles. The molecule has 0 aromatic heterocycles. The van der Waals surface area contributed by atoms with Gasteiger partial charge in [0.1, 0.15) is 0 Å². The Kier molecular flexibility index (Phi) is 4.59. The van der Waals surface area contributed by atoms with Crippen LogP contribution in [0.1, 0.15) is 18.4 Å². The average Bonchev–Trinajstić information content (AvgIpc) is 2.86. The maximum absolute atomic E-state index is 12.1. The van der Waals surface area contributed by atoms with Crippen LogP contribution < -0.4 is 10.6 Å². The smallest absolute Gasteiger partial charge is 0.317 e. The zero-order chi connectivity index (χ0) is 12.8. The number of urea groups is 1. The van der Waals surface area contributed by atoms with Gasteiger partial charge < -0.3 is 15.5 Å². The summed E-state index contributed by atoms with van der Waals surface area (Å²) in [7, 11) is 1.93. The lowest BCUT2D eigenvalue weighted by molar-refractivity contribution is 0.191. The number of likely N-dealkylation sites (tertiary alicyclic amines) is 1. The number of likely N-dealkylation sites (N-methyl/N-ethyl adjacent to an activating group) is 1. The van der Waals surface area contributed by atoms with E-state index in [1.165, 1.54) is 0 Å². The molecule has 2 N–H and O–H groups in total. The van der Waals surface area contributed by atoms with Crippen LogP contribution in [0, 0.1) is 0 Å². The normalized spacial score (nSPS) is 18.9. The molecule has 0 aliphatic carbocycles. The second kappa shape index (κ2) is 6.40. The van der Waals surface area contributed by atoms with E-state index in [0.717, 1.165) is 31.5 Å². The van der Waals surface area contributed by atoms with E-state index in [0.29, 0.717) is 12.6 Å². The molecule has 0 bridgehead atoms. The highest BCUT2D eigenvalue weighted by atomic mass is 16.2. The van der Waals surface area contributed by atoms with E-state index in [1.807, 2.05) is 42.3 Å². The minimum Gasteiger partial charge on any atom is -0.334 e. The third kappa shape index (κ3) is 3.23. The molecule has 4 heteroatoms. The quantitative estimate of drug-likeness (QED) is 0.848. The van der Waals surface area contributed by atoms with Crippen molar-refractivity contribution in [3.63, 3.8) is 0 Å². The first-order valence-electron chi connectivity index (χ1n) is 6.54. The van der Waals surface area contributed by atoms with Gasteiger partial charge in [-0.05, 0) is 25.5 Å². The highest BCUT2D eigenvalue weighted by Gasteiger charge is 2.27. The largest absolute Gasteiger partial charge is 0.334 e. The molecule has 0 radical (unpaired) electrons. The van der Waals surface area contributed by atoms with Crippen LogP contribution in [0.15, 0.2) is 30.3 Å². The maximum atomic E-state index is 12.1. The summed E-state index contributed by atoms with van der Waals surface area (Å²) in [6.07, 6.45) is 2.20. The standard InChI is InChI=1S/C14H21N3O/c1-15-11-13-8-5-9-17(13)14(18)16-10-12-6-3-2-4-7-12/h2-4,6-7,13,15H,5,8-11H2,1H3,(H,16,18). The van der Waals surface area contributed by atoms with Crippen LogP contribution in [-0.4, -0.2) is 37.1 Å². The van der Waals surface area contributed by atoms with Crippen molar-refractivity contribution in [2.75, 3.05) is 20.1 Å². The van der Waals surface area contributed by atoms with Crippen molar-refractivity contribution in [2.24, 2.45) is 0 Å². The second-order valence-corrected chi connectivity index (χ2v) is 4.69. The first-order valence-corrected chi connectivity index (χ1v) is 6.54. The van der Waals surface area contributed by atoms with Crippen LogP contribution in [-0.2, 0) is 6.54 Å². The Labute approximate surface area is 108 Å². The minimum atomic E-state index is 0.0524. The minimum absolute atomic E-state index is 0.0524. The molecule has 1 saturated heterocycles.